The molecule has 0 aliphatic carbocycles. The molecule has 0 saturated heterocycles. The van der Waals surface area contributed by atoms with E-state index in [4.69, 9.17) is 14.2 Å². The summed E-state index contributed by atoms with van der Waals surface area (Å²) in [6.45, 7) is 6.47. The van der Waals surface area contributed by atoms with Gasteiger partial charge >= 0.3 is 17.9 Å². The van der Waals surface area contributed by atoms with Crippen LogP contribution in [0.3, 0.4) is 0 Å². The number of esters is 3. The summed E-state index contributed by atoms with van der Waals surface area (Å²) >= 11 is 0. The van der Waals surface area contributed by atoms with E-state index >= 15 is 0 Å². The summed E-state index contributed by atoms with van der Waals surface area (Å²) in [6.07, 6.45) is 25.5. The first-order valence-electron chi connectivity index (χ1n) is 17.0. The van der Waals surface area contributed by atoms with Gasteiger partial charge in [-0.15, -0.1) is 0 Å². The lowest BCUT2D eigenvalue weighted by atomic mass is 10.1. The fraction of sp³-hybridized carbons (Fsp3) is 0.912. The highest BCUT2D eigenvalue weighted by Gasteiger charge is 2.19. The summed E-state index contributed by atoms with van der Waals surface area (Å²) in [5, 5.41) is 0. The van der Waals surface area contributed by atoms with Gasteiger partial charge in [-0.05, 0) is 19.3 Å². The third-order valence-corrected chi connectivity index (χ3v) is 7.36. The molecular formula is C34H64O6. The van der Waals surface area contributed by atoms with Gasteiger partial charge in [0.15, 0.2) is 6.10 Å². The monoisotopic (exact) mass is 568 g/mol. The summed E-state index contributed by atoms with van der Waals surface area (Å²) in [5.74, 6) is -0.891. The number of rotatable bonds is 30. The van der Waals surface area contributed by atoms with Crippen molar-refractivity contribution in [1.82, 2.24) is 0 Å². The average Bonchev–Trinajstić information content (AvgIpc) is 2.94. The van der Waals surface area contributed by atoms with Crippen LogP contribution in [0.2, 0.25) is 0 Å². The van der Waals surface area contributed by atoms with Crippen molar-refractivity contribution in [1.29, 1.82) is 0 Å². The van der Waals surface area contributed by atoms with Crippen molar-refractivity contribution in [3.63, 3.8) is 0 Å². The minimum Gasteiger partial charge on any atom is -0.462 e. The quantitative estimate of drug-likeness (QED) is 0.0487. The smallest absolute Gasteiger partial charge is 0.306 e. The number of carbonyl (C=O) groups is 3. The molecule has 0 aromatic heterocycles. The third kappa shape index (κ3) is 28.0. The number of hydrogen-bond donors (Lipinski definition) is 0. The average molecular weight is 569 g/mol. The molecule has 0 aliphatic heterocycles. The fourth-order valence-corrected chi connectivity index (χ4v) is 4.73. The minimum atomic E-state index is -0.752. The molecule has 0 radical (unpaired) electrons. The Morgan fingerprint density at radius 3 is 1.00 bits per heavy atom. The van der Waals surface area contributed by atoms with Crippen LogP contribution in [0.5, 0.6) is 0 Å². The van der Waals surface area contributed by atoms with Gasteiger partial charge in [0, 0.05) is 19.3 Å². The normalized spacial score (nSPS) is 11.8. The Kier molecular flexibility index (Phi) is 29.2. The molecule has 6 heteroatoms. The Labute approximate surface area is 247 Å². The van der Waals surface area contributed by atoms with Crippen molar-refractivity contribution >= 4 is 17.9 Å². The number of hydrogen-bond acceptors (Lipinski definition) is 6. The molecule has 0 fully saturated rings. The van der Waals surface area contributed by atoms with E-state index in [2.05, 4.69) is 20.8 Å². The SMILES string of the molecule is CCCCCCCCCCCC(=O)OCC(COC(=O)CCCCCCC)OC(=O)CCCCCCCCCC. The minimum absolute atomic E-state index is 0.0663. The van der Waals surface area contributed by atoms with Crippen molar-refractivity contribution in [2.45, 2.75) is 187 Å². The molecule has 0 N–H and O–H groups in total. The molecule has 1 atom stereocenters. The van der Waals surface area contributed by atoms with Crippen LogP contribution >= 0.6 is 0 Å². The van der Waals surface area contributed by atoms with Gasteiger partial charge in [-0.2, -0.15) is 0 Å². The molecule has 0 spiro atoms. The molecule has 40 heavy (non-hydrogen) atoms. The van der Waals surface area contributed by atoms with E-state index in [-0.39, 0.29) is 31.1 Å². The van der Waals surface area contributed by atoms with Gasteiger partial charge in [-0.3, -0.25) is 14.4 Å². The van der Waals surface area contributed by atoms with Gasteiger partial charge in [0.2, 0.25) is 0 Å². The zero-order valence-corrected chi connectivity index (χ0v) is 26.6. The molecule has 0 saturated carbocycles. The van der Waals surface area contributed by atoms with Crippen LogP contribution in [0, 0.1) is 0 Å². The first-order valence-corrected chi connectivity index (χ1v) is 17.0. The summed E-state index contributed by atoms with van der Waals surface area (Å²) in [6, 6.07) is 0. The van der Waals surface area contributed by atoms with E-state index in [1.807, 2.05) is 0 Å². The molecule has 0 heterocycles. The number of ether oxygens (including phenoxy) is 3. The van der Waals surface area contributed by atoms with Crippen LogP contribution in [0.4, 0.5) is 0 Å². The molecule has 0 amide bonds. The molecule has 0 aromatic rings. The zero-order valence-electron chi connectivity index (χ0n) is 26.6. The molecule has 6 nitrogen and oxygen atoms in total. The van der Waals surface area contributed by atoms with Crippen molar-refractivity contribution in [2.75, 3.05) is 13.2 Å². The predicted octanol–water partition coefficient (Wildman–Crippen LogP) is 9.80. The van der Waals surface area contributed by atoms with Crippen LogP contribution in [-0.2, 0) is 28.6 Å². The summed E-state index contributed by atoms with van der Waals surface area (Å²) < 4.78 is 16.4. The lowest BCUT2D eigenvalue weighted by molar-refractivity contribution is -0.167. The van der Waals surface area contributed by atoms with Gasteiger partial charge < -0.3 is 14.2 Å². The molecule has 0 bridgehead atoms. The maximum Gasteiger partial charge on any atom is 0.306 e. The zero-order chi connectivity index (χ0) is 29.5. The summed E-state index contributed by atoms with van der Waals surface area (Å²) in [4.78, 5) is 36.9. The fourth-order valence-electron chi connectivity index (χ4n) is 4.73. The van der Waals surface area contributed by atoms with Crippen LogP contribution in [0.25, 0.3) is 0 Å². The predicted molar refractivity (Wildman–Crippen MR) is 164 cm³/mol. The molecule has 0 rings (SSSR count). The molecule has 236 valence electrons. The van der Waals surface area contributed by atoms with E-state index in [0.717, 1.165) is 64.2 Å². The Bertz CT molecular complexity index is 591. The van der Waals surface area contributed by atoms with Crippen molar-refractivity contribution in [2.24, 2.45) is 0 Å². The maximum absolute atomic E-state index is 12.4. The van der Waals surface area contributed by atoms with Crippen molar-refractivity contribution in [3.8, 4) is 0 Å². The van der Waals surface area contributed by atoms with Gasteiger partial charge in [-0.25, -0.2) is 0 Å². The van der Waals surface area contributed by atoms with E-state index in [1.54, 1.807) is 0 Å². The molecule has 0 aromatic carbocycles. The largest absolute Gasteiger partial charge is 0.462 e. The van der Waals surface area contributed by atoms with Gasteiger partial charge in [0.1, 0.15) is 13.2 Å². The summed E-state index contributed by atoms with van der Waals surface area (Å²) in [5.41, 5.74) is 0. The third-order valence-electron chi connectivity index (χ3n) is 7.36. The highest BCUT2D eigenvalue weighted by molar-refractivity contribution is 5.71. The first-order chi connectivity index (χ1) is 19.5. The van der Waals surface area contributed by atoms with E-state index in [9.17, 15) is 14.4 Å². The van der Waals surface area contributed by atoms with E-state index in [1.165, 1.54) is 77.0 Å². The van der Waals surface area contributed by atoms with E-state index < -0.39 is 6.10 Å². The van der Waals surface area contributed by atoms with Gasteiger partial charge in [0.25, 0.3) is 0 Å². The highest BCUT2D eigenvalue weighted by atomic mass is 16.6. The number of unbranched alkanes of at least 4 members (excludes halogenated alkanes) is 19. The van der Waals surface area contributed by atoms with Crippen LogP contribution in [0.1, 0.15) is 181 Å². The Morgan fingerprint density at radius 2 is 0.675 bits per heavy atom. The van der Waals surface area contributed by atoms with Crippen LogP contribution in [-0.4, -0.2) is 37.2 Å². The lowest BCUT2D eigenvalue weighted by Crippen LogP contribution is -2.30. The van der Waals surface area contributed by atoms with E-state index in [0.29, 0.717) is 19.3 Å². The van der Waals surface area contributed by atoms with Gasteiger partial charge in [-0.1, -0.05) is 143 Å². The standard InChI is InChI=1S/C34H64O6/c1-4-7-10-13-15-17-19-21-24-27-33(36)39-30-31(29-38-32(35)26-23-20-12-9-6-3)40-34(37)28-25-22-18-16-14-11-8-5-2/h31H,4-30H2,1-3H3. The molecule has 0 aliphatic rings. The van der Waals surface area contributed by atoms with Gasteiger partial charge in [0.05, 0.1) is 0 Å². The lowest BCUT2D eigenvalue weighted by Gasteiger charge is -2.18. The topological polar surface area (TPSA) is 78.9 Å². The Morgan fingerprint density at radius 1 is 0.400 bits per heavy atom. The highest BCUT2D eigenvalue weighted by Crippen LogP contribution is 2.13. The number of carbonyl (C=O) groups excluding carboxylic acids is 3. The second-order valence-electron chi connectivity index (χ2n) is 11.4. The maximum atomic E-state index is 12.4. The second-order valence-corrected chi connectivity index (χ2v) is 11.4. The van der Waals surface area contributed by atoms with Crippen LogP contribution < -0.4 is 0 Å². The Hall–Kier alpha value is -1.59. The molecule has 1 unspecified atom stereocenters. The summed E-state index contributed by atoms with van der Waals surface area (Å²) in [7, 11) is 0. The van der Waals surface area contributed by atoms with Crippen molar-refractivity contribution < 1.29 is 28.6 Å². The Balaban J connectivity index is 4.32. The van der Waals surface area contributed by atoms with Crippen LogP contribution in [0.15, 0.2) is 0 Å². The molecular weight excluding hydrogens is 504 g/mol. The first kappa shape index (κ1) is 38.4. The van der Waals surface area contributed by atoms with Crippen molar-refractivity contribution in [3.05, 3.63) is 0 Å². The second kappa shape index (κ2) is 30.4.